The lowest BCUT2D eigenvalue weighted by molar-refractivity contribution is 0.108. The third-order valence-corrected chi connectivity index (χ3v) is 2.88. The van der Waals surface area contributed by atoms with Gasteiger partial charge in [-0.15, -0.1) is 0 Å². The number of nitrogens with one attached hydrogen (secondary N) is 1. The van der Waals surface area contributed by atoms with E-state index < -0.39 is 0 Å². The molecule has 0 amide bonds. The van der Waals surface area contributed by atoms with Crippen LogP contribution in [0.3, 0.4) is 0 Å². The highest BCUT2D eigenvalue weighted by atomic mass is 16.5. The standard InChI is InChI=1S/C13H12N2O2/c16-13-10-8-17-7-6-11(10)14-12(15-13)9-4-2-1-3-5-9/h1-5H,6-8H2,(H,14,15,16). The number of aromatic nitrogens is 2. The maximum Gasteiger partial charge on any atom is 0.256 e. The smallest absolute Gasteiger partial charge is 0.256 e. The van der Waals surface area contributed by atoms with Crippen LogP contribution in [0.5, 0.6) is 0 Å². The third-order valence-electron chi connectivity index (χ3n) is 2.88. The lowest BCUT2D eigenvalue weighted by Crippen LogP contribution is -2.24. The van der Waals surface area contributed by atoms with Crippen LogP contribution in [0, 0.1) is 0 Å². The van der Waals surface area contributed by atoms with Crippen LogP contribution in [0.15, 0.2) is 35.1 Å². The first kappa shape index (κ1) is 10.2. The molecular weight excluding hydrogens is 216 g/mol. The molecule has 0 bridgehead atoms. The second-order valence-corrected chi connectivity index (χ2v) is 4.01. The van der Waals surface area contributed by atoms with Gasteiger partial charge in [0.1, 0.15) is 5.82 Å². The van der Waals surface area contributed by atoms with E-state index in [2.05, 4.69) is 9.97 Å². The minimum Gasteiger partial charge on any atom is -0.376 e. The highest BCUT2D eigenvalue weighted by Crippen LogP contribution is 2.16. The minimum absolute atomic E-state index is 0.0893. The predicted octanol–water partition coefficient (Wildman–Crippen LogP) is 1.51. The van der Waals surface area contributed by atoms with E-state index in [0.717, 1.165) is 11.3 Å². The predicted molar refractivity (Wildman–Crippen MR) is 63.7 cm³/mol. The van der Waals surface area contributed by atoms with Gasteiger partial charge in [0.25, 0.3) is 5.56 Å². The van der Waals surface area contributed by atoms with Crippen molar-refractivity contribution in [2.75, 3.05) is 6.61 Å². The molecule has 0 saturated carbocycles. The minimum atomic E-state index is -0.0893. The van der Waals surface area contributed by atoms with Crippen molar-refractivity contribution in [3.8, 4) is 11.4 Å². The highest BCUT2D eigenvalue weighted by molar-refractivity contribution is 5.54. The SMILES string of the molecule is O=c1[nH]c(-c2ccccc2)nc2c1COCC2. The summed E-state index contributed by atoms with van der Waals surface area (Å²) < 4.78 is 5.26. The maximum absolute atomic E-state index is 11.9. The average Bonchev–Trinajstić information content (AvgIpc) is 2.40. The third kappa shape index (κ3) is 1.87. The van der Waals surface area contributed by atoms with Gasteiger partial charge < -0.3 is 9.72 Å². The quantitative estimate of drug-likeness (QED) is 0.805. The zero-order valence-corrected chi connectivity index (χ0v) is 9.27. The molecule has 0 unspecified atom stereocenters. The van der Waals surface area contributed by atoms with Crippen molar-refractivity contribution < 1.29 is 4.74 Å². The molecule has 1 aromatic heterocycles. The summed E-state index contributed by atoms with van der Waals surface area (Å²) >= 11 is 0. The number of H-pyrrole nitrogens is 1. The van der Waals surface area contributed by atoms with Crippen molar-refractivity contribution >= 4 is 0 Å². The summed E-state index contributed by atoms with van der Waals surface area (Å²) in [6.07, 6.45) is 0.707. The van der Waals surface area contributed by atoms with Gasteiger partial charge in [0.15, 0.2) is 0 Å². The Bertz CT molecular complexity index is 590. The van der Waals surface area contributed by atoms with E-state index in [4.69, 9.17) is 4.74 Å². The summed E-state index contributed by atoms with van der Waals surface area (Å²) in [5.41, 5.74) is 2.36. The fraction of sp³-hybridized carbons (Fsp3) is 0.231. The Balaban J connectivity index is 2.14. The molecule has 0 aliphatic carbocycles. The molecule has 1 aromatic carbocycles. The normalized spacial score (nSPS) is 14.4. The Morgan fingerprint density at radius 2 is 2.06 bits per heavy atom. The van der Waals surface area contributed by atoms with Crippen LogP contribution < -0.4 is 5.56 Å². The Labute approximate surface area is 98.3 Å². The summed E-state index contributed by atoms with van der Waals surface area (Å²) in [7, 11) is 0. The van der Waals surface area contributed by atoms with E-state index >= 15 is 0 Å². The molecule has 0 atom stereocenters. The van der Waals surface area contributed by atoms with Crippen molar-refractivity contribution in [2.45, 2.75) is 13.0 Å². The van der Waals surface area contributed by atoms with Crippen LogP contribution >= 0.6 is 0 Å². The molecule has 0 fully saturated rings. The van der Waals surface area contributed by atoms with E-state index in [1.54, 1.807) is 0 Å². The molecule has 17 heavy (non-hydrogen) atoms. The molecule has 0 saturated heterocycles. The van der Waals surface area contributed by atoms with Gasteiger partial charge in [-0.25, -0.2) is 4.98 Å². The second kappa shape index (κ2) is 4.14. The summed E-state index contributed by atoms with van der Waals surface area (Å²) in [5, 5.41) is 0. The zero-order chi connectivity index (χ0) is 11.7. The van der Waals surface area contributed by atoms with Gasteiger partial charge >= 0.3 is 0 Å². The lowest BCUT2D eigenvalue weighted by Gasteiger charge is -2.15. The Morgan fingerprint density at radius 3 is 2.88 bits per heavy atom. The summed E-state index contributed by atoms with van der Waals surface area (Å²) in [6.45, 7) is 1.00. The first-order valence-corrected chi connectivity index (χ1v) is 5.60. The van der Waals surface area contributed by atoms with Crippen LogP contribution in [-0.2, 0) is 17.8 Å². The molecule has 1 aliphatic rings. The number of rotatable bonds is 1. The Kier molecular flexibility index (Phi) is 2.49. The van der Waals surface area contributed by atoms with E-state index in [0.29, 0.717) is 31.0 Å². The molecule has 2 aromatic rings. The molecule has 0 spiro atoms. The second-order valence-electron chi connectivity index (χ2n) is 4.01. The van der Waals surface area contributed by atoms with Crippen molar-refractivity contribution in [2.24, 2.45) is 0 Å². The molecule has 2 heterocycles. The van der Waals surface area contributed by atoms with Gasteiger partial charge in [-0.3, -0.25) is 4.79 Å². The molecule has 86 valence electrons. The number of aromatic amines is 1. The van der Waals surface area contributed by atoms with Gasteiger partial charge in [-0.05, 0) is 0 Å². The topological polar surface area (TPSA) is 55.0 Å². The van der Waals surface area contributed by atoms with Gasteiger partial charge in [-0.1, -0.05) is 30.3 Å². The van der Waals surface area contributed by atoms with Gasteiger partial charge in [0.05, 0.1) is 24.5 Å². The number of hydrogen-bond donors (Lipinski definition) is 1. The highest BCUT2D eigenvalue weighted by Gasteiger charge is 2.16. The van der Waals surface area contributed by atoms with Crippen molar-refractivity contribution in [1.82, 2.24) is 9.97 Å². The van der Waals surface area contributed by atoms with Gasteiger partial charge in [0.2, 0.25) is 0 Å². The molecule has 0 radical (unpaired) electrons. The monoisotopic (exact) mass is 228 g/mol. The number of benzene rings is 1. The first-order chi connectivity index (χ1) is 8.34. The molecule has 1 N–H and O–H groups in total. The molecule has 4 heteroatoms. The molecular formula is C13H12N2O2. The van der Waals surface area contributed by atoms with Crippen molar-refractivity contribution in [3.63, 3.8) is 0 Å². The van der Waals surface area contributed by atoms with E-state index in [1.807, 2.05) is 30.3 Å². The van der Waals surface area contributed by atoms with E-state index in [1.165, 1.54) is 0 Å². The van der Waals surface area contributed by atoms with Crippen LogP contribution in [0.4, 0.5) is 0 Å². The summed E-state index contributed by atoms with van der Waals surface area (Å²) in [6, 6.07) is 9.66. The average molecular weight is 228 g/mol. The van der Waals surface area contributed by atoms with Crippen molar-refractivity contribution in [1.29, 1.82) is 0 Å². The number of nitrogens with zero attached hydrogens (tertiary/aromatic N) is 1. The first-order valence-electron chi connectivity index (χ1n) is 5.60. The van der Waals surface area contributed by atoms with E-state index in [9.17, 15) is 4.79 Å². The fourth-order valence-corrected chi connectivity index (χ4v) is 1.98. The lowest BCUT2D eigenvalue weighted by atomic mass is 10.1. The molecule has 4 nitrogen and oxygen atoms in total. The summed E-state index contributed by atoms with van der Waals surface area (Å²) in [5.74, 6) is 0.635. The van der Waals surface area contributed by atoms with Crippen LogP contribution in [0.1, 0.15) is 11.3 Å². The van der Waals surface area contributed by atoms with Crippen LogP contribution in [-0.4, -0.2) is 16.6 Å². The zero-order valence-electron chi connectivity index (χ0n) is 9.27. The molecule has 1 aliphatic heterocycles. The number of hydrogen-bond acceptors (Lipinski definition) is 3. The van der Waals surface area contributed by atoms with Gasteiger partial charge in [0, 0.05) is 12.0 Å². The Hall–Kier alpha value is -1.94. The number of fused-ring (bicyclic) bond motifs is 1. The summed E-state index contributed by atoms with van der Waals surface area (Å²) in [4.78, 5) is 19.2. The van der Waals surface area contributed by atoms with E-state index in [-0.39, 0.29) is 5.56 Å². The molecule has 3 rings (SSSR count). The van der Waals surface area contributed by atoms with Crippen LogP contribution in [0.25, 0.3) is 11.4 Å². The largest absolute Gasteiger partial charge is 0.376 e. The van der Waals surface area contributed by atoms with Gasteiger partial charge in [-0.2, -0.15) is 0 Å². The van der Waals surface area contributed by atoms with Crippen LogP contribution in [0.2, 0.25) is 0 Å². The Morgan fingerprint density at radius 1 is 1.24 bits per heavy atom. The maximum atomic E-state index is 11.9. The fourth-order valence-electron chi connectivity index (χ4n) is 1.98. The number of ether oxygens (including phenoxy) is 1. The van der Waals surface area contributed by atoms with Crippen molar-refractivity contribution in [3.05, 3.63) is 51.9 Å².